The number of halogens is 1. The minimum absolute atomic E-state index is 0.313. The van der Waals surface area contributed by atoms with E-state index in [4.69, 9.17) is 36.8 Å². The maximum atomic E-state index is 13.4. The highest BCUT2D eigenvalue weighted by Crippen LogP contribution is 2.30. The van der Waals surface area contributed by atoms with Crippen LogP contribution in [0.5, 0.6) is 11.5 Å². The molecule has 0 bridgehead atoms. The van der Waals surface area contributed by atoms with Crippen molar-refractivity contribution in [1.82, 2.24) is 19.9 Å². The molecule has 2 aromatic heterocycles. The zero-order valence-corrected chi connectivity index (χ0v) is 21.2. The molecule has 0 fully saturated rings. The summed E-state index contributed by atoms with van der Waals surface area (Å²) >= 11 is 5.98. The van der Waals surface area contributed by atoms with E-state index in [0.29, 0.717) is 64.1 Å². The molecule has 5 aromatic rings. The van der Waals surface area contributed by atoms with Gasteiger partial charge in [0, 0.05) is 18.1 Å². The van der Waals surface area contributed by atoms with E-state index in [1.165, 1.54) is 0 Å². The lowest BCUT2D eigenvalue weighted by molar-refractivity contribution is 0.0953. The molecule has 9 heteroatoms. The Bertz CT molecular complexity index is 1600. The van der Waals surface area contributed by atoms with Crippen molar-refractivity contribution < 1.29 is 14.3 Å². The van der Waals surface area contributed by atoms with Gasteiger partial charge in [0.2, 0.25) is 0 Å². The molecule has 0 saturated heterocycles. The number of para-hydroxylation sites is 2. The fourth-order valence-corrected chi connectivity index (χ4v) is 4.44. The van der Waals surface area contributed by atoms with Crippen LogP contribution < -0.4 is 20.5 Å². The number of nitrogen functional groups attached to an aromatic ring is 1. The van der Waals surface area contributed by atoms with Crippen LogP contribution in [0.25, 0.3) is 22.2 Å². The predicted molar refractivity (Wildman–Crippen MR) is 145 cm³/mol. The van der Waals surface area contributed by atoms with Crippen molar-refractivity contribution in [2.24, 2.45) is 0 Å². The Morgan fingerprint density at radius 3 is 2.32 bits per heavy atom. The molecule has 0 radical (unpaired) electrons. The van der Waals surface area contributed by atoms with Crippen LogP contribution in [0.4, 0.5) is 5.82 Å². The van der Waals surface area contributed by atoms with Gasteiger partial charge in [-0.15, -0.1) is 0 Å². The highest BCUT2D eigenvalue weighted by Gasteiger charge is 2.24. The van der Waals surface area contributed by atoms with Gasteiger partial charge in [-0.25, -0.2) is 9.97 Å². The van der Waals surface area contributed by atoms with Crippen LogP contribution in [0.2, 0.25) is 5.02 Å². The maximum absolute atomic E-state index is 13.4. The lowest BCUT2D eigenvalue weighted by Crippen LogP contribution is -2.24. The first kappa shape index (κ1) is 24.4. The van der Waals surface area contributed by atoms with Crippen molar-refractivity contribution in [1.29, 1.82) is 0 Å². The number of hydrogen-bond acceptors (Lipinski definition) is 6. The summed E-state index contributed by atoms with van der Waals surface area (Å²) in [6.07, 6.45) is 0.634. The minimum Gasteiger partial charge on any atom is -0.493 e. The number of ether oxygens (including phenoxy) is 2. The Labute approximate surface area is 219 Å². The van der Waals surface area contributed by atoms with Crippen LogP contribution in [0.3, 0.4) is 0 Å². The van der Waals surface area contributed by atoms with Gasteiger partial charge >= 0.3 is 0 Å². The van der Waals surface area contributed by atoms with Gasteiger partial charge in [-0.2, -0.15) is 0 Å². The van der Waals surface area contributed by atoms with Gasteiger partial charge in [0.05, 0.1) is 25.3 Å². The molecule has 3 aromatic carbocycles. The summed E-state index contributed by atoms with van der Waals surface area (Å²) in [5, 5.41) is 3.60. The topological polar surface area (TPSA) is 104 Å². The molecule has 0 aliphatic carbocycles. The average Bonchev–Trinajstić information content (AvgIpc) is 3.19. The number of nitrogens with zero attached hydrogens (tertiary/aromatic N) is 3. The van der Waals surface area contributed by atoms with Gasteiger partial charge < -0.3 is 25.1 Å². The minimum atomic E-state index is -0.313. The van der Waals surface area contributed by atoms with Crippen molar-refractivity contribution in [2.75, 3.05) is 20.0 Å². The number of anilines is 1. The van der Waals surface area contributed by atoms with E-state index in [0.717, 1.165) is 16.6 Å². The molecule has 0 aliphatic rings. The maximum Gasteiger partial charge on any atom is 0.257 e. The summed E-state index contributed by atoms with van der Waals surface area (Å²) in [6, 6.07) is 20.6. The number of aromatic nitrogens is 3. The zero-order chi connectivity index (χ0) is 25.9. The summed E-state index contributed by atoms with van der Waals surface area (Å²) in [7, 11) is 3.21. The molecule has 0 unspecified atom stereocenters. The molecule has 3 N–H and O–H groups in total. The molecule has 37 heavy (non-hydrogen) atoms. The molecule has 0 aliphatic heterocycles. The number of nitrogens with two attached hydrogens (primary N) is 1. The number of methoxy groups -OCH3 is 2. The van der Waals surface area contributed by atoms with Gasteiger partial charge in [-0.3, -0.25) is 4.79 Å². The highest BCUT2D eigenvalue weighted by atomic mass is 35.5. The summed E-state index contributed by atoms with van der Waals surface area (Å²) in [5.41, 5.74) is 11.3. The number of benzene rings is 3. The lowest BCUT2D eigenvalue weighted by Gasteiger charge is -2.11. The first-order chi connectivity index (χ1) is 18.0. The van der Waals surface area contributed by atoms with E-state index in [9.17, 15) is 4.79 Å². The third-order valence-corrected chi connectivity index (χ3v) is 6.51. The number of fused-ring (bicyclic) bond motifs is 2. The van der Waals surface area contributed by atoms with Gasteiger partial charge in [0.25, 0.3) is 5.91 Å². The Balaban J connectivity index is 1.50. The van der Waals surface area contributed by atoms with Crippen molar-refractivity contribution in [2.45, 2.75) is 19.5 Å². The first-order valence-electron chi connectivity index (χ1n) is 11.8. The van der Waals surface area contributed by atoms with E-state index < -0.39 is 0 Å². The third kappa shape index (κ3) is 4.88. The Morgan fingerprint density at radius 2 is 1.62 bits per heavy atom. The first-order valence-corrected chi connectivity index (χ1v) is 12.1. The van der Waals surface area contributed by atoms with Crippen molar-refractivity contribution in [3.05, 3.63) is 88.4 Å². The molecular formula is C28H26ClN5O3. The van der Waals surface area contributed by atoms with E-state index in [1.807, 2.05) is 59.2 Å². The number of carbonyl (C=O) groups is 1. The normalized spacial score (nSPS) is 11.1. The van der Waals surface area contributed by atoms with Gasteiger partial charge in [-0.1, -0.05) is 41.9 Å². The molecule has 0 spiro atoms. The average molecular weight is 516 g/mol. The van der Waals surface area contributed by atoms with E-state index in [-0.39, 0.29) is 5.91 Å². The Morgan fingerprint density at radius 1 is 0.946 bits per heavy atom. The van der Waals surface area contributed by atoms with Crippen LogP contribution in [-0.4, -0.2) is 34.7 Å². The molecular weight excluding hydrogens is 490 g/mol. The number of carbonyl (C=O) groups excluding carboxylic acids is 1. The second-order valence-corrected chi connectivity index (χ2v) is 8.98. The number of amides is 1. The van der Waals surface area contributed by atoms with Crippen LogP contribution in [0.15, 0.2) is 66.7 Å². The Hall–Kier alpha value is -4.30. The summed E-state index contributed by atoms with van der Waals surface area (Å²) in [5.74, 6) is 1.32. The molecule has 188 valence electrons. The number of nitrogens with one attached hydrogen (secondary N) is 1. The molecule has 2 heterocycles. The number of aryl methyl sites for hydroxylation is 2. The lowest BCUT2D eigenvalue weighted by atomic mass is 10.1. The largest absolute Gasteiger partial charge is 0.493 e. The molecule has 0 atom stereocenters. The van der Waals surface area contributed by atoms with Gasteiger partial charge in [0.1, 0.15) is 16.9 Å². The van der Waals surface area contributed by atoms with Crippen molar-refractivity contribution in [3.63, 3.8) is 0 Å². The second-order valence-electron chi connectivity index (χ2n) is 8.54. The molecule has 0 saturated carbocycles. The van der Waals surface area contributed by atoms with Crippen molar-refractivity contribution in [3.8, 4) is 11.5 Å². The second kappa shape index (κ2) is 10.4. The number of hydrogen-bond donors (Lipinski definition) is 2. The summed E-state index contributed by atoms with van der Waals surface area (Å²) < 4.78 is 12.6. The smallest absolute Gasteiger partial charge is 0.257 e. The van der Waals surface area contributed by atoms with Gasteiger partial charge in [0.15, 0.2) is 17.1 Å². The molecule has 1 amide bonds. The predicted octanol–water partition coefficient (Wildman–Crippen LogP) is 5.01. The quantitative estimate of drug-likeness (QED) is 0.301. The van der Waals surface area contributed by atoms with Crippen LogP contribution in [0.1, 0.15) is 21.5 Å². The standard InChI is InChI=1S/C28H26ClN5O3/c1-36-22-12-9-17(15-23(22)37-2)13-14-34-26(30)24(28(35)31-16-18-7-10-19(29)11-8-18)25-27(34)33-21-6-4-3-5-20(21)32-25/h3-12,15H,13-14,16,30H2,1-2H3,(H,31,35). The molecule has 8 nitrogen and oxygen atoms in total. The number of rotatable bonds is 8. The van der Waals surface area contributed by atoms with Crippen LogP contribution >= 0.6 is 11.6 Å². The Kier molecular flexibility index (Phi) is 6.83. The third-order valence-electron chi connectivity index (χ3n) is 6.26. The fourth-order valence-electron chi connectivity index (χ4n) is 4.32. The summed E-state index contributed by atoms with van der Waals surface area (Å²) in [4.78, 5) is 23.0. The zero-order valence-electron chi connectivity index (χ0n) is 20.5. The monoisotopic (exact) mass is 515 g/mol. The van der Waals surface area contributed by atoms with Crippen molar-refractivity contribution >= 4 is 45.5 Å². The van der Waals surface area contributed by atoms with Crippen LogP contribution in [0, 0.1) is 0 Å². The van der Waals surface area contributed by atoms with Crippen LogP contribution in [-0.2, 0) is 19.5 Å². The molecule has 5 rings (SSSR count). The SMILES string of the molecule is COc1ccc(CCn2c(N)c(C(=O)NCc3ccc(Cl)cc3)c3nc4ccccc4nc32)cc1OC. The fraction of sp³-hybridized carbons (Fsp3) is 0.179. The van der Waals surface area contributed by atoms with E-state index in [1.54, 1.807) is 26.4 Å². The van der Waals surface area contributed by atoms with Gasteiger partial charge in [-0.05, 0) is 53.9 Å². The highest BCUT2D eigenvalue weighted by molar-refractivity contribution is 6.30. The van der Waals surface area contributed by atoms with E-state index in [2.05, 4.69) is 5.32 Å². The van der Waals surface area contributed by atoms with E-state index >= 15 is 0 Å². The summed E-state index contributed by atoms with van der Waals surface area (Å²) in [6.45, 7) is 0.823.